The van der Waals surface area contributed by atoms with Crippen LogP contribution in [0, 0.1) is 0 Å². The molecule has 0 aromatic carbocycles. The lowest BCUT2D eigenvalue weighted by Gasteiger charge is -2.00. The Kier molecular flexibility index (Phi) is 2.45. The Bertz CT molecular complexity index is 463. The SMILES string of the molecule is NC(=O)c1ccn(Cc2ccncc2)n1. The molecule has 2 aromatic heterocycles. The van der Waals surface area contributed by atoms with E-state index in [1.165, 1.54) is 0 Å². The number of nitrogens with zero attached hydrogens (tertiary/aromatic N) is 3. The molecule has 15 heavy (non-hydrogen) atoms. The molecule has 2 rings (SSSR count). The van der Waals surface area contributed by atoms with Crippen LogP contribution in [0.3, 0.4) is 0 Å². The minimum Gasteiger partial charge on any atom is -0.364 e. The van der Waals surface area contributed by atoms with Crippen LogP contribution in [0.4, 0.5) is 0 Å². The zero-order valence-electron chi connectivity index (χ0n) is 8.00. The number of carbonyl (C=O) groups is 1. The highest BCUT2D eigenvalue weighted by Gasteiger charge is 2.04. The predicted molar refractivity (Wildman–Crippen MR) is 54.1 cm³/mol. The van der Waals surface area contributed by atoms with E-state index in [0.717, 1.165) is 5.56 Å². The molecule has 0 aliphatic rings. The molecule has 5 nitrogen and oxygen atoms in total. The third-order valence-electron chi connectivity index (χ3n) is 1.99. The van der Waals surface area contributed by atoms with Crippen LogP contribution < -0.4 is 5.73 Å². The van der Waals surface area contributed by atoms with Crippen LogP contribution >= 0.6 is 0 Å². The lowest BCUT2D eigenvalue weighted by atomic mass is 10.3. The molecule has 0 aliphatic carbocycles. The van der Waals surface area contributed by atoms with Crippen molar-refractivity contribution in [3.05, 3.63) is 48.0 Å². The van der Waals surface area contributed by atoms with Crippen LogP contribution in [0.25, 0.3) is 0 Å². The molecule has 0 saturated carbocycles. The molecule has 0 bridgehead atoms. The minimum atomic E-state index is -0.511. The summed E-state index contributed by atoms with van der Waals surface area (Å²) in [5.41, 5.74) is 6.45. The topological polar surface area (TPSA) is 73.8 Å². The molecule has 0 atom stereocenters. The van der Waals surface area contributed by atoms with Gasteiger partial charge in [-0.3, -0.25) is 14.5 Å². The van der Waals surface area contributed by atoms with Crippen LogP contribution in [0.2, 0.25) is 0 Å². The fourth-order valence-electron chi connectivity index (χ4n) is 1.26. The van der Waals surface area contributed by atoms with Crippen LogP contribution in [-0.4, -0.2) is 20.7 Å². The van der Waals surface area contributed by atoms with Crippen molar-refractivity contribution in [2.24, 2.45) is 5.73 Å². The minimum absolute atomic E-state index is 0.282. The van der Waals surface area contributed by atoms with Gasteiger partial charge in [0.1, 0.15) is 5.69 Å². The van der Waals surface area contributed by atoms with Crippen molar-refractivity contribution in [3.8, 4) is 0 Å². The molecule has 2 aromatic rings. The number of carbonyl (C=O) groups excluding carboxylic acids is 1. The van der Waals surface area contributed by atoms with E-state index in [9.17, 15) is 4.79 Å². The summed E-state index contributed by atoms with van der Waals surface area (Å²) in [6, 6.07) is 5.39. The quantitative estimate of drug-likeness (QED) is 0.784. The molecule has 2 heterocycles. The summed E-state index contributed by atoms with van der Waals surface area (Å²) >= 11 is 0. The van der Waals surface area contributed by atoms with E-state index in [0.29, 0.717) is 6.54 Å². The average molecular weight is 202 g/mol. The summed E-state index contributed by atoms with van der Waals surface area (Å²) in [5, 5.41) is 4.03. The molecule has 5 heteroatoms. The van der Waals surface area contributed by atoms with Crippen molar-refractivity contribution in [2.75, 3.05) is 0 Å². The predicted octanol–water partition coefficient (Wildman–Crippen LogP) is 0.425. The van der Waals surface area contributed by atoms with Crippen LogP contribution in [0.5, 0.6) is 0 Å². The maximum Gasteiger partial charge on any atom is 0.269 e. The highest BCUT2D eigenvalue weighted by molar-refractivity contribution is 5.90. The summed E-state index contributed by atoms with van der Waals surface area (Å²) in [6.45, 7) is 0.607. The first-order valence-electron chi connectivity index (χ1n) is 4.48. The third-order valence-corrected chi connectivity index (χ3v) is 1.99. The van der Waals surface area contributed by atoms with E-state index in [1.807, 2.05) is 12.1 Å². The van der Waals surface area contributed by atoms with Crippen LogP contribution in [0.15, 0.2) is 36.8 Å². The van der Waals surface area contributed by atoms with Gasteiger partial charge in [0.2, 0.25) is 0 Å². The Morgan fingerprint density at radius 2 is 2.07 bits per heavy atom. The molecule has 0 aliphatic heterocycles. The summed E-state index contributed by atoms with van der Waals surface area (Å²) in [7, 11) is 0. The first-order chi connectivity index (χ1) is 7.25. The summed E-state index contributed by atoms with van der Waals surface area (Å²) in [5.74, 6) is -0.511. The van der Waals surface area contributed by atoms with Crippen molar-refractivity contribution in [1.82, 2.24) is 14.8 Å². The molecular formula is C10H10N4O. The smallest absolute Gasteiger partial charge is 0.269 e. The van der Waals surface area contributed by atoms with Crippen molar-refractivity contribution in [2.45, 2.75) is 6.54 Å². The molecule has 0 radical (unpaired) electrons. The van der Waals surface area contributed by atoms with E-state index in [1.54, 1.807) is 29.3 Å². The molecule has 76 valence electrons. The number of pyridine rings is 1. The highest BCUT2D eigenvalue weighted by Crippen LogP contribution is 2.01. The molecule has 0 spiro atoms. The number of amides is 1. The van der Waals surface area contributed by atoms with E-state index in [-0.39, 0.29) is 5.69 Å². The zero-order chi connectivity index (χ0) is 10.7. The second-order valence-corrected chi connectivity index (χ2v) is 3.12. The lowest BCUT2D eigenvalue weighted by Crippen LogP contribution is -2.12. The Hall–Kier alpha value is -2.17. The van der Waals surface area contributed by atoms with Gasteiger partial charge in [-0.25, -0.2) is 0 Å². The number of primary amides is 1. The van der Waals surface area contributed by atoms with Crippen molar-refractivity contribution < 1.29 is 4.79 Å². The van der Waals surface area contributed by atoms with Crippen LogP contribution in [0.1, 0.15) is 16.1 Å². The maximum absolute atomic E-state index is 10.8. The monoisotopic (exact) mass is 202 g/mol. The second-order valence-electron chi connectivity index (χ2n) is 3.12. The number of hydrogen-bond acceptors (Lipinski definition) is 3. The number of hydrogen-bond donors (Lipinski definition) is 1. The molecule has 1 amide bonds. The van der Waals surface area contributed by atoms with Gasteiger partial charge in [-0.15, -0.1) is 0 Å². The maximum atomic E-state index is 10.8. The molecule has 2 N–H and O–H groups in total. The second kappa shape index (κ2) is 3.91. The number of aromatic nitrogens is 3. The van der Waals surface area contributed by atoms with E-state index in [4.69, 9.17) is 5.73 Å². The van der Waals surface area contributed by atoms with E-state index >= 15 is 0 Å². The fraction of sp³-hybridized carbons (Fsp3) is 0.100. The zero-order valence-corrected chi connectivity index (χ0v) is 8.00. The lowest BCUT2D eigenvalue weighted by molar-refractivity contribution is 0.0995. The standard InChI is InChI=1S/C10H10N4O/c11-10(15)9-3-6-14(13-9)7-8-1-4-12-5-2-8/h1-6H,7H2,(H2,11,15). The summed E-state index contributed by atoms with van der Waals surface area (Å²) in [4.78, 5) is 14.7. The van der Waals surface area contributed by atoms with Gasteiger partial charge in [0.05, 0.1) is 6.54 Å². The fourth-order valence-corrected chi connectivity index (χ4v) is 1.26. The normalized spacial score (nSPS) is 10.1. The van der Waals surface area contributed by atoms with Gasteiger partial charge in [0, 0.05) is 18.6 Å². The molecule has 0 fully saturated rings. The number of nitrogens with two attached hydrogens (primary N) is 1. The summed E-state index contributed by atoms with van der Waals surface area (Å²) in [6.07, 6.45) is 5.15. The van der Waals surface area contributed by atoms with Crippen LogP contribution in [-0.2, 0) is 6.54 Å². The number of rotatable bonds is 3. The van der Waals surface area contributed by atoms with Crippen molar-refractivity contribution in [3.63, 3.8) is 0 Å². The van der Waals surface area contributed by atoms with Crippen molar-refractivity contribution in [1.29, 1.82) is 0 Å². The van der Waals surface area contributed by atoms with Gasteiger partial charge < -0.3 is 5.73 Å². The molecule has 0 unspecified atom stereocenters. The highest BCUT2D eigenvalue weighted by atomic mass is 16.1. The van der Waals surface area contributed by atoms with Gasteiger partial charge in [0.15, 0.2) is 0 Å². The first kappa shape index (κ1) is 9.39. The van der Waals surface area contributed by atoms with Gasteiger partial charge in [-0.2, -0.15) is 5.10 Å². The average Bonchev–Trinajstić information content (AvgIpc) is 2.68. The molecular weight excluding hydrogens is 192 g/mol. The van der Waals surface area contributed by atoms with Gasteiger partial charge >= 0.3 is 0 Å². The van der Waals surface area contributed by atoms with Gasteiger partial charge in [-0.1, -0.05) is 0 Å². The Morgan fingerprint density at radius 1 is 1.33 bits per heavy atom. The summed E-state index contributed by atoms with van der Waals surface area (Å²) < 4.78 is 1.66. The van der Waals surface area contributed by atoms with E-state index in [2.05, 4.69) is 10.1 Å². The first-order valence-corrected chi connectivity index (χ1v) is 4.48. The van der Waals surface area contributed by atoms with Crippen molar-refractivity contribution >= 4 is 5.91 Å². The van der Waals surface area contributed by atoms with Gasteiger partial charge in [-0.05, 0) is 23.8 Å². The molecule has 0 saturated heterocycles. The van der Waals surface area contributed by atoms with E-state index < -0.39 is 5.91 Å². The Balaban J connectivity index is 2.15. The largest absolute Gasteiger partial charge is 0.364 e. The Morgan fingerprint density at radius 3 is 2.67 bits per heavy atom. The third kappa shape index (κ3) is 2.19. The van der Waals surface area contributed by atoms with Gasteiger partial charge in [0.25, 0.3) is 5.91 Å². The Labute approximate surface area is 86.5 Å².